The molecule has 3 heterocycles. The zero-order valence-electron chi connectivity index (χ0n) is 18.7. The average molecular weight is 458 g/mol. The molecule has 1 aliphatic rings. The number of aromatic nitrogens is 4. The molecule has 0 aliphatic carbocycles. The van der Waals surface area contributed by atoms with E-state index in [1.54, 1.807) is 28.6 Å². The fourth-order valence-corrected chi connectivity index (χ4v) is 3.97. The van der Waals surface area contributed by atoms with Crippen molar-refractivity contribution in [2.24, 2.45) is 0 Å². The third-order valence-electron chi connectivity index (χ3n) is 5.64. The maximum absolute atomic E-state index is 13.2. The molecule has 0 unspecified atom stereocenters. The first kappa shape index (κ1) is 22.8. The standard InChI is InChI=1S/C23H25F3N6O/c1-15-11-16(2)32(29-15)22-27-20(13-18-5-4-6-19(12-18)23(24,25)26)14-21(28-22)31-9-7-30(8-10-31)17(3)33/h4-6,11-12,14H,7-10,13H2,1-3H3. The summed E-state index contributed by atoms with van der Waals surface area (Å²) < 4.78 is 41.1. The molecule has 1 aromatic carbocycles. The average Bonchev–Trinajstić information content (AvgIpc) is 3.11. The lowest BCUT2D eigenvalue weighted by atomic mass is 10.1. The number of halogens is 3. The van der Waals surface area contributed by atoms with E-state index in [0.717, 1.165) is 23.5 Å². The Morgan fingerprint density at radius 1 is 1.03 bits per heavy atom. The Hall–Kier alpha value is -3.43. The first-order chi connectivity index (χ1) is 15.6. The van der Waals surface area contributed by atoms with Gasteiger partial charge in [-0.15, -0.1) is 0 Å². The van der Waals surface area contributed by atoms with Gasteiger partial charge in [0.25, 0.3) is 5.95 Å². The van der Waals surface area contributed by atoms with Crippen LogP contribution in [0.5, 0.6) is 0 Å². The molecule has 1 fully saturated rings. The van der Waals surface area contributed by atoms with Gasteiger partial charge in [-0.1, -0.05) is 18.2 Å². The molecule has 0 saturated carbocycles. The first-order valence-corrected chi connectivity index (χ1v) is 10.7. The minimum absolute atomic E-state index is 0.0332. The van der Waals surface area contributed by atoms with E-state index < -0.39 is 11.7 Å². The van der Waals surface area contributed by atoms with E-state index in [0.29, 0.717) is 49.2 Å². The van der Waals surface area contributed by atoms with Crippen molar-refractivity contribution in [1.82, 2.24) is 24.6 Å². The number of carbonyl (C=O) groups excluding carboxylic acids is 1. The molecule has 4 rings (SSSR count). The van der Waals surface area contributed by atoms with Gasteiger partial charge in [-0.25, -0.2) is 9.67 Å². The van der Waals surface area contributed by atoms with Crippen molar-refractivity contribution in [1.29, 1.82) is 0 Å². The monoisotopic (exact) mass is 458 g/mol. The van der Waals surface area contributed by atoms with Crippen LogP contribution in [0.25, 0.3) is 5.95 Å². The van der Waals surface area contributed by atoms with Gasteiger partial charge in [-0.2, -0.15) is 23.3 Å². The summed E-state index contributed by atoms with van der Waals surface area (Å²) in [7, 11) is 0. The van der Waals surface area contributed by atoms with E-state index in [2.05, 4.69) is 15.0 Å². The Morgan fingerprint density at radius 2 is 1.76 bits per heavy atom. The molecule has 33 heavy (non-hydrogen) atoms. The highest BCUT2D eigenvalue weighted by atomic mass is 19.4. The molecule has 3 aromatic rings. The molecule has 1 saturated heterocycles. The fraction of sp³-hybridized carbons (Fsp3) is 0.391. The van der Waals surface area contributed by atoms with Crippen LogP contribution >= 0.6 is 0 Å². The summed E-state index contributed by atoms with van der Waals surface area (Å²) in [5.41, 5.74) is 2.09. The first-order valence-electron chi connectivity index (χ1n) is 10.7. The summed E-state index contributed by atoms with van der Waals surface area (Å²) in [6.07, 6.45) is -4.18. The lowest BCUT2D eigenvalue weighted by molar-refractivity contribution is -0.137. The van der Waals surface area contributed by atoms with Gasteiger partial charge in [0.1, 0.15) is 5.82 Å². The van der Waals surface area contributed by atoms with Gasteiger partial charge in [0, 0.05) is 51.3 Å². The topological polar surface area (TPSA) is 67.2 Å². The lowest BCUT2D eigenvalue weighted by Crippen LogP contribution is -2.48. The van der Waals surface area contributed by atoms with Gasteiger partial charge in [-0.05, 0) is 31.5 Å². The number of amides is 1. The molecule has 0 N–H and O–H groups in total. The Kier molecular flexibility index (Phi) is 6.09. The van der Waals surface area contributed by atoms with Crippen LogP contribution in [0, 0.1) is 13.8 Å². The maximum atomic E-state index is 13.2. The molecule has 0 spiro atoms. The fourth-order valence-electron chi connectivity index (χ4n) is 3.97. The molecule has 0 bridgehead atoms. The highest BCUT2D eigenvalue weighted by Gasteiger charge is 2.30. The smallest absolute Gasteiger partial charge is 0.353 e. The molecule has 0 radical (unpaired) electrons. The van der Waals surface area contributed by atoms with Gasteiger partial charge in [0.05, 0.1) is 17.0 Å². The van der Waals surface area contributed by atoms with Crippen molar-refractivity contribution in [2.45, 2.75) is 33.4 Å². The number of nitrogens with zero attached hydrogens (tertiary/aromatic N) is 6. The quantitative estimate of drug-likeness (QED) is 0.598. The Morgan fingerprint density at radius 3 is 2.36 bits per heavy atom. The van der Waals surface area contributed by atoms with Crippen molar-refractivity contribution in [3.8, 4) is 5.95 Å². The third-order valence-corrected chi connectivity index (χ3v) is 5.64. The number of carbonyl (C=O) groups is 1. The molecule has 0 atom stereocenters. The number of hydrogen-bond acceptors (Lipinski definition) is 5. The molecule has 174 valence electrons. The predicted molar refractivity (Wildman–Crippen MR) is 117 cm³/mol. The van der Waals surface area contributed by atoms with Crippen molar-refractivity contribution in [3.63, 3.8) is 0 Å². The third kappa shape index (κ3) is 5.15. The highest BCUT2D eigenvalue weighted by Crippen LogP contribution is 2.30. The number of rotatable bonds is 4. The number of piperazine rings is 1. The van der Waals surface area contributed by atoms with E-state index in [1.165, 1.54) is 6.07 Å². The van der Waals surface area contributed by atoms with Crippen LogP contribution in [0.1, 0.15) is 35.1 Å². The largest absolute Gasteiger partial charge is 0.416 e. The van der Waals surface area contributed by atoms with Crippen molar-refractivity contribution in [3.05, 3.63) is 64.6 Å². The molecule has 7 nitrogen and oxygen atoms in total. The van der Waals surface area contributed by atoms with Crippen LogP contribution in [0.4, 0.5) is 19.0 Å². The van der Waals surface area contributed by atoms with Gasteiger partial charge >= 0.3 is 6.18 Å². The minimum atomic E-state index is -4.40. The number of aryl methyl sites for hydroxylation is 2. The van der Waals surface area contributed by atoms with Crippen LogP contribution in [0.15, 0.2) is 36.4 Å². The summed E-state index contributed by atoms with van der Waals surface area (Å²) >= 11 is 0. The van der Waals surface area contributed by atoms with Crippen molar-refractivity contribution < 1.29 is 18.0 Å². The minimum Gasteiger partial charge on any atom is -0.353 e. The van der Waals surface area contributed by atoms with E-state index >= 15 is 0 Å². The van der Waals surface area contributed by atoms with Crippen LogP contribution in [0.2, 0.25) is 0 Å². The highest BCUT2D eigenvalue weighted by molar-refractivity contribution is 5.73. The SMILES string of the molecule is CC(=O)N1CCN(c2cc(Cc3cccc(C(F)(F)F)c3)nc(-n3nc(C)cc3C)n2)CC1. The maximum Gasteiger partial charge on any atom is 0.416 e. The van der Waals surface area contributed by atoms with Crippen molar-refractivity contribution in [2.75, 3.05) is 31.1 Å². The van der Waals surface area contributed by atoms with Crippen LogP contribution in [-0.2, 0) is 17.4 Å². The summed E-state index contributed by atoms with van der Waals surface area (Å²) in [6, 6.07) is 8.99. The lowest BCUT2D eigenvalue weighted by Gasteiger charge is -2.35. The number of hydrogen-bond donors (Lipinski definition) is 0. The molecule has 10 heteroatoms. The second-order valence-corrected chi connectivity index (χ2v) is 8.22. The van der Waals surface area contributed by atoms with Gasteiger partial charge in [0.15, 0.2) is 0 Å². The number of anilines is 1. The summed E-state index contributed by atoms with van der Waals surface area (Å²) in [6.45, 7) is 7.70. The molecular formula is C23H25F3N6O. The van der Waals surface area contributed by atoms with Gasteiger partial charge < -0.3 is 9.80 Å². The summed E-state index contributed by atoms with van der Waals surface area (Å²) in [5, 5.41) is 4.47. The molecule has 1 amide bonds. The van der Waals surface area contributed by atoms with Crippen LogP contribution in [0.3, 0.4) is 0 Å². The summed E-state index contributed by atoms with van der Waals surface area (Å²) in [4.78, 5) is 24.8. The summed E-state index contributed by atoms with van der Waals surface area (Å²) in [5.74, 6) is 1.07. The molecule has 1 aliphatic heterocycles. The van der Waals surface area contributed by atoms with E-state index in [4.69, 9.17) is 4.98 Å². The van der Waals surface area contributed by atoms with Gasteiger partial charge in [-0.3, -0.25) is 4.79 Å². The molecular weight excluding hydrogens is 433 g/mol. The Bertz CT molecular complexity index is 1170. The number of benzene rings is 1. The van der Waals surface area contributed by atoms with E-state index in [-0.39, 0.29) is 12.3 Å². The zero-order chi connectivity index (χ0) is 23.8. The normalized spacial score (nSPS) is 14.6. The van der Waals surface area contributed by atoms with Crippen LogP contribution < -0.4 is 4.90 Å². The number of alkyl halides is 3. The second-order valence-electron chi connectivity index (χ2n) is 8.22. The zero-order valence-corrected chi connectivity index (χ0v) is 18.7. The van der Waals surface area contributed by atoms with E-state index in [1.807, 2.05) is 19.9 Å². The van der Waals surface area contributed by atoms with Crippen molar-refractivity contribution >= 4 is 11.7 Å². The van der Waals surface area contributed by atoms with Crippen LogP contribution in [-0.4, -0.2) is 56.7 Å². The van der Waals surface area contributed by atoms with Gasteiger partial charge in [0.2, 0.25) is 5.91 Å². The molecule has 2 aromatic heterocycles. The second kappa shape index (κ2) is 8.84. The Balaban J connectivity index is 1.69. The van der Waals surface area contributed by atoms with E-state index in [9.17, 15) is 18.0 Å². The predicted octanol–water partition coefficient (Wildman–Crippen LogP) is 3.56. The Labute approximate surface area is 189 Å².